The number of anilines is 1. The van der Waals surface area contributed by atoms with Crippen LogP contribution >= 0.6 is 11.8 Å². The fourth-order valence-electron chi connectivity index (χ4n) is 0.933. The summed E-state index contributed by atoms with van der Waals surface area (Å²) in [4.78, 5) is 18.8. The fraction of sp³-hybridized carbons (Fsp3) is 0.375. The van der Waals surface area contributed by atoms with Crippen LogP contribution in [0.5, 0.6) is 5.75 Å². The Labute approximate surface area is 96.7 Å². The van der Waals surface area contributed by atoms with Gasteiger partial charge in [0.1, 0.15) is 11.4 Å². The summed E-state index contributed by atoms with van der Waals surface area (Å²) in [5.74, 6) is 5.83. The standard InChI is InChI=1S/C8H12N4O3S/c1-14-5(13)3-16-8-6(15-2)7(12-9)10-4-11-8/h4H,3,9H2,1-2H3,(H,10,11,12). The number of carbonyl (C=O) groups excluding carboxylic acids is 1. The van der Waals surface area contributed by atoms with Crippen molar-refractivity contribution in [2.24, 2.45) is 5.84 Å². The van der Waals surface area contributed by atoms with Crippen molar-refractivity contribution in [1.29, 1.82) is 0 Å². The Kier molecular flexibility index (Phi) is 4.80. The Morgan fingerprint density at radius 3 is 2.88 bits per heavy atom. The third-order valence-electron chi connectivity index (χ3n) is 1.67. The summed E-state index contributed by atoms with van der Waals surface area (Å²) in [6, 6.07) is 0. The van der Waals surface area contributed by atoms with E-state index in [0.717, 1.165) is 0 Å². The van der Waals surface area contributed by atoms with E-state index in [1.165, 1.54) is 32.3 Å². The van der Waals surface area contributed by atoms with E-state index in [1.54, 1.807) is 0 Å². The zero-order valence-corrected chi connectivity index (χ0v) is 9.71. The number of nitrogen functional groups attached to an aromatic ring is 1. The second-order valence-corrected chi connectivity index (χ2v) is 3.53. The third-order valence-corrected chi connectivity index (χ3v) is 2.61. The van der Waals surface area contributed by atoms with Gasteiger partial charge in [-0.2, -0.15) is 0 Å². The lowest BCUT2D eigenvalue weighted by Gasteiger charge is -2.09. The van der Waals surface area contributed by atoms with Crippen LogP contribution in [0, 0.1) is 0 Å². The summed E-state index contributed by atoms with van der Waals surface area (Å²) < 4.78 is 9.61. The zero-order chi connectivity index (χ0) is 12.0. The quantitative estimate of drug-likeness (QED) is 0.246. The van der Waals surface area contributed by atoms with E-state index in [1.807, 2.05) is 0 Å². The van der Waals surface area contributed by atoms with Crippen LogP contribution in [0.2, 0.25) is 0 Å². The van der Waals surface area contributed by atoms with Crippen molar-refractivity contribution in [3.63, 3.8) is 0 Å². The average molecular weight is 244 g/mol. The minimum atomic E-state index is -0.340. The number of nitrogens with zero attached hydrogens (tertiary/aromatic N) is 2. The zero-order valence-electron chi connectivity index (χ0n) is 8.89. The maximum Gasteiger partial charge on any atom is 0.316 e. The molecule has 0 saturated heterocycles. The molecule has 88 valence electrons. The van der Waals surface area contributed by atoms with Crippen LogP contribution in [0.25, 0.3) is 0 Å². The largest absolute Gasteiger partial charge is 0.490 e. The number of hydrazine groups is 1. The number of aromatic nitrogens is 2. The molecule has 1 rings (SSSR count). The van der Waals surface area contributed by atoms with Crippen molar-refractivity contribution in [2.45, 2.75) is 5.03 Å². The van der Waals surface area contributed by atoms with Gasteiger partial charge in [0.05, 0.1) is 20.0 Å². The molecular formula is C8H12N4O3S. The molecule has 1 heterocycles. The van der Waals surface area contributed by atoms with Crippen LogP contribution in [-0.2, 0) is 9.53 Å². The lowest BCUT2D eigenvalue weighted by atomic mass is 10.5. The number of ether oxygens (including phenoxy) is 2. The lowest BCUT2D eigenvalue weighted by Crippen LogP contribution is -2.11. The Balaban J connectivity index is 2.82. The number of rotatable bonds is 5. The van der Waals surface area contributed by atoms with Crippen LogP contribution in [-0.4, -0.2) is 35.9 Å². The van der Waals surface area contributed by atoms with Gasteiger partial charge in [-0.15, -0.1) is 0 Å². The monoisotopic (exact) mass is 244 g/mol. The molecule has 0 atom stereocenters. The first kappa shape index (κ1) is 12.5. The molecule has 0 bridgehead atoms. The molecular weight excluding hydrogens is 232 g/mol. The summed E-state index contributed by atoms with van der Waals surface area (Å²) in [5.41, 5.74) is 2.38. The predicted octanol–water partition coefficient (Wildman–Crippen LogP) is 0.0359. The van der Waals surface area contributed by atoms with E-state index in [2.05, 4.69) is 20.1 Å². The van der Waals surface area contributed by atoms with Crippen molar-refractivity contribution in [2.75, 3.05) is 25.4 Å². The molecule has 0 aliphatic rings. The Bertz CT molecular complexity index is 374. The van der Waals surface area contributed by atoms with Crippen LogP contribution < -0.4 is 16.0 Å². The lowest BCUT2D eigenvalue weighted by molar-refractivity contribution is -0.137. The highest BCUT2D eigenvalue weighted by Gasteiger charge is 2.13. The van der Waals surface area contributed by atoms with Crippen LogP contribution in [0.1, 0.15) is 0 Å². The summed E-state index contributed by atoms with van der Waals surface area (Å²) in [6.07, 6.45) is 1.33. The van der Waals surface area contributed by atoms with Gasteiger partial charge in [-0.25, -0.2) is 15.8 Å². The molecule has 0 unspecified atom stereocenters. The number of nitrogens with one attached hydrogen (secondary N) is 1. The number of methoxy groups -OCH3 is 2. The van der Waals surface area contributed by atoms with E-state index < -0.39 is 0 Å². The fourth-order valence-corrected chi connectivity index (χ4v) is 1.74. The molecule has 0 aromatic carbocycles. The van der Waals surface area contributed by atoms with Gasteiger partial charge < -0.3 is 14.9 Å². The highest BCUT2D eigenvalue weighted by atomic mass is 32.2. The smallest absolute Gasteiger partial charge is 0.316 e. The molecule has 0 aliphatic heterocycles. The van der Waals surface area contributed by atoms with Gasteiger partial charge in [0.2, 0.25) is 0 Å². The highest BCUT2D eigenvalue weighted by molar-refractivity contribution is 8.00. The average Bonchev–Trinajstić information content (AvgIpc) is 2.34. The first-order valence-electron chi connectivity index (χ1n) is 4.28. The minimum absolute atomic E-state index is 0.147. The molecule has 0 radical (unpaired) electrons. The minimum Gasteiger partial charge on any atom is -0.490 e. The van der Waals surface area contributed by atoms with Crippen molar-refractivity contribution in [1.82, 2.24) is 9.97 Å². The molecule has 0 spiro atoms. The maximum absolute atomic E-state index is 11.0. The van der Waals surface area contributed by atoms with Crippen molar-refractivity contribution >= 4 is 23.5 Å². The van der Waals surface area contributed by atoms with Gasteiger partial charge in [0, 0.05) is 0 Å². The first-order chi connectivity index (χ1) is 7.72. The van der Waals surface area contributed by atoms with E-state index >= 15 is 0 Å². The van der Waals surface area contributed by atoms with Crippen LogP contribution in [0.15, 0.2) is 11.4 Å². The van der Waals surface area contributed by atoms with Gasteiger partial charge in [-0.05, 0) is 0 Å². The summed E-state index contributed by atoms with van der Waals surface area (Å²) in [5, 5.41) is 0.524. The Morgan fingerprint density at radius 2 is 2.31 bits per heavy atom. The number of hydrogen-bond donors (Lipinski definition) is 2. The first-order valence-corrected chi connectivity index (χ1v) is 5.26. The van der Waals surface area contributed by atoms with E-state index in [9.17, 15) is 4.79 Å². The van der Waals surface area contributed by atoms with Gasteiger partial charge in [0.15, 0.2) is 11.6 Å². The number of carbonyl (C=O) groups is 1. The molecule has 7 nitrogen and oxygen atoms in total. The Hall–Kier alpha value is -1.54. The van der Waals surface area contributed by atoms with Crippen molar-refractivity contribution < 1.29 is 14.3 Å². The molecule has 0 aliphatic carbocycles. The Morgan fingerprint density at radius 1 is 1.56 bits per heavy atom. The molecule has 0 saturated carbocycles. The van der Waals surface area contributed by atoms with E-state index in [4.69, 9.17) is 10.6 Å². The highest BCUT2D eigenvalue weighted by Crippen LogP contribution is 2.31. The number of hydrogen-bond acceptors (Lipinski definition) is 8. The normalized spacial score (nSPS) is 9.69. The van der Waals surface area contributed by atoms with Gasteiger partial charge >= 0.3 is 5.97 Å². The second kappa shape index (κ2) is 6.13. The maximum atomic E-state index is 11.0. The molecule has 1 aromatic rings. The van der Waals surface area contributed by atoms with Gasteiger partial charge in [0.25, 0.3) is 0 Å². The SMILES string of the molecule is COC(=O)CSc1ncnc(NN)c1OC. The van der Waals surface area contributed by atoms with Gasteiger partial charge in [-0.1, -0.05) is 11.8 Å². The molecule has 3 N–H and O–H groups in total. The van der Waals surface area contributed by atoms with Crippen LogP contribution in [0.4, 0.5) is 5.82 Å². The van der Waals surface area contributed by atoms with E-state index in [0.29, 0.717) is 16.6 Å². The summed E-state index contributed by atoms with van der Waals surface area (Å²) in [7, 11) is 2.80. The molecule has 8 heteroatoms. The number of thioether (sulfide) groups is 1. The van der Waals surface area contributed by atoms with Crippen molar-refractivity contribution in [3.8, 4) is 5.75 Å². The summed E-state index contributed by atoms with van der Waals surface area (Å²) >= 11 is 1.19. The summed E-state index contributed by atoms with van der Waals surface area (Å²) in [6.45, 7) is 0. The van der Waals surface area contributed by atoms with Gasteiger partial charge in [-0.3, -0.25) is 4.79 Å². The topological polar surface area (TPSA) is 99.4 Å². The van der Waals surface area contributed by atoms with Crippen LogP contribution in [0.3, 0.4) is 0 Å². The predicted molar refractivity (Wildman–Crippen MR) is 59.1 cm³/mol. The number of nitrogens with two attached hydrogens (primary N) is 1. The second-order valence-electron chi connectivity index (χ2n) is 2.57. The molecule has 0 amide bonds. The van der Waals surface area contributed by atoms with E-state index in [-0.39, 0.29) is 11.7 Å². The third kappa shape index (κ3) is 2.97. The molecule has 1 aromatic heterocycles. The number of esters is 1. The van der Waals surface area contributed by atoms with Crippen molar-refractivity contribution in [3.05, 3.63) is 6.33 Å². The molecule has 16 heavy (non-hydrogen) atoms. The molecule has 0 fully saturated rings.